The summed E-state index contributed by atoms with van der Waals surface area (Å²) in [6.07, 6.45) is 3.48. The Morgan fingerprint density at radius 1 is 1.63 bits per heavy atom. The number of carbonyl (C=O) groups is 2. The van der Waals surface area contributed by atoms with Gasteiger partial charge in [-0.1, -0.05) is 0 Å². The third-order valence-electron chi connectivity index (χ3n) is 3.43. The molecule has 1 fully saturated rings. The molecule has 1 aliphatic rings. The highest BCUT2D eigenvalue weighted by atomic mass is 32.1. The smallest absolute Gasteiger partial charge is 0.368 e. The summed E-state index contributed by atoms with van der Waals surface area (Å²) >= 11 is 1.17. The highest BCUT2D eigenvalue weighted by Gasteiger charge is 2.51. The number of primary amides is 1. The van der Waals surface area contributed by atoms with Crippen molar-refractivity contribution in [3.05, 3.63) is 16.6 Å². The Kier molecular flexibility index (Phi) is 4.16. The van der Waals surface area contributed by atoms with Crippen LogP contribution in [0.25, 0.3) is 0 Å². The lowest BCUT2D eigenvalue weighted by atomic mass is 9.90. The maximum absolute atomic E-state index is 12.0. The standard InChI is InChI=1S/C12H16N2O4S/c1-17-7-8-3-2-4-12(8,11(13)16)18-10(15)9-14-5-6-19-9/h5-6,8H,2-4,7H2,1H3,(H2,13,16). The average molecular weight is 284 g/mol. The van der Waals surface area contributed by atoms with E-state index >= 15 is 0 Å². The quantitative estimate of drug-likeness (QED) is 0.813. The number of amides is 1. The Labute approximate surface area is 114 Å². The second-order valence-electron chi connectivity index (χ2n) is 4.53. The van der Waals surface area contributed by atoms with Crippen molar-refractivity contribution >= 4 is 23.2 Å². The zero-order valence-corrected chi connectivity index (χ0v) is 11.4. The molecule has 2 unspecified atom stereocenters. The van der Waals surface area contributed by atoms with E-state index in [1.807, 2.05) is 0 Å². The van der Waals surface area contributed by atoms with Crippen LogP contribution in [0.5, 0.6) is 0 Å². The minimum absolute atomic E-state index is 0.195. The largest absolute Gasteiger partial charge is 0.443 e. The van der Waals surface area contributed by atoms with Crippen LogP contribution in [0.4, 0.5) is 0 Å². The highest BCUT2D eigenvalue weighted by molar-refractivity contribution is 7.11. The fraction of sp³-hybridized carbons (Fsp3) is 0.583. The lowest BCUT2D eigenvalue weighted by Gasteiger charge is -2.31. The van der Waals surface area contributed by atoms with Crippen molar-refractivity contribution in [2.75, 3.05) is 13.7 Å². The fourth-order valence-electron chi connectivity index (χ4n) is 2.51. The van der Waals surface area contributed by atoms with Gasteiger partial charge in [0.1, 0.15) is 0 Å². The molecule has 1 amide bonds. The summed E-state index contributed by atoms with van der Waals surface area (Å²) in [6, 6.07) is 0. The Morgan fingerprint density at radius 2 is 2.42 bits per heavy atom. The normalized spacial score (nSPS) is 26.3. The Balaban J connectivity index is 2.20. The first-order valence-corrected chi connectivity index (χ1v) is 6.90. The molecule has 1 heterocycles. The van der Waals surface area contributed by atoms with Gasteiger partial charge in [0, 0.05) is 24.6 Å². The van der Waals surface area contributed by atoms with Crippen LogP contribution in [-0.2, 0) is 14.3 Å². The number of hydrogen-bond acceptors (Lipinski definition) is 6. The second kappa shape index (κ2) is 5.66. The van der Waals surface area contributed by atoms with E-state index in [4.69, 9.17) is 15.2 Å². The number of ether oxygens (including phenoxy) is 2. The topological polar surface area (TPSA) is 91.5 Å². The molecular weight excluding hydrogens is 268 g/mol. The zero-order valence-electron chi connectivity index (χ0n) is 10.6. The van der Waals surface area contributed by atoms with E-state index in [2.05, 4.69) is 4.98 Å². The van der Waals surface area contributed by atoms with Gasteiger partial charge in [-0.3, -0.25) is 4.79 Å². The molecule has 0 aromatic carbocycles. The molecule has 2 atom stereocenters. The summed E-state index contributed by atoms with van der Waals surface area (Å²) in [5.74, 6) is -1.41. The molecule has 6 nitrogen and oxygen atoms in total. The van der Waals surface area contributed by atoms with Gasteiger partial charge in [-0.15, -0.1) is 11.3 Å². The van der Waals surface area contributed by atoms with Crippen LogP contribution in [0.3, 0.4) is 0 Å². The molecule has 19 heavy (non-hydrogen) atoms. The van der Waals surface area contributed by atoms with Crippen LogP contribution in [-0.4, -0.2) is 36.2 Å². The maximum atomic E-state index is 12.0. The summed E-state index contributed by atoms with van der Waals surface area (Å²) in [6.45, 7) is 0.341. The minimum atomic E-state index is -1.27. The molecule has 0 radical (unpaired) electrons. The maximum Gasteiger partial charge on any atom is 0.368 e. The molecule has 1 aromatic rings. The third kappa shape index (κ3) is 2.62. The Bertz CT molecular complexity index is 462. The van der Waals surface area contributed by atoms with Crippen molar-refractivity contribution in [3.8, 4) is 0 Å². The molecule has 104 valence electrons. The van der Waals surface area contributed by atoms with Gasteiger partial charge in [-0.2, -0.15) is 0 Å². The zero-order chi connectivity index (χ0) is 13.9. The SMILES string of the molecule is COCC1CCCC1(OC(=O)c1nccs1)C(N)=O. The minimum Gasteiger partial charge on any atom is -0.443 e. The van der Waals surface area contributed by atoms with Gasteiger partial charge >= 0.3 is 5.97 Å². The van der Waals surface area contributed by atoms with Crippen molar-refractivity contribution in [2.45, 2.75) is 24.9 Å². The molecule has 1 saturated carbocycles. The van der Waals surface area contributed by atoms with Crippen LogP contribution in [0, 0.1) is 5.92 Å². The first kappa shape index (κ1) is 14.0. The summed E-state index contributed by atoms with van der Waals surface area (Å²) in [5, 5.41) is 1.90. The fourth-order valence-corrected chi connectivity index (χ4v) is 3.02. The van der Waals surface area contributed by atoms with Crippen molar-refractivity contribution in [1.82, 2.24) is 4.98 Å². The van der Waals surface area contributed by atoms with E-state index in [-0.39, 0.29) is 10.9 Å². The number of rotatable bonds is 5. The van der Waals surface area contributed by atoms with E-state index in [1.54, 1.807) is 12.5 Å². The third-order valence-corrected chi connectivity index (χ3v) is 4.18. The molecule has 0 saturated heterocycles. The lowest BCUT2D eigenvalue weighted by molar-refractivity contribution is -0.143. The van der Waals surface area contributed by atoms with E-state index in [1.165, 1.54) is 17.5 Å². The number of methoxy groups -OCH3 is 1. The van der Waals surface area contributed by atoms with Gasteiger partial charge in [-0.25, -0.2) is 9.78 Å². The van der Waals surface area contributed by atoms with E-state index in [9.17, 15) is 9.59 Å². The van der Waals surface area contributed by atoms with Gasteiger partial charge in [0.2, 0.25) is 5.01 Å². The first-order valence-electron chi connectivity index (χ1n) is 6.02. The summed E-state index contributed by atoms with van der Waals surface area (Å²) in [7, 11) is 1.55. The van der Waals surface area contributed by atoms with Gasteiger partial charge in [0.05, 0.1) is 6.61 Å². The molecule has 2 N–H and O–H groups in total. The summed E-state index contributed by atoms with van der Waals surface area (Å²) in [4.78, 5) is 27.7. The van der Waals surface area contributed by atoms with Crippen LogP contribution >= 0.6 is 11.3 Å². The first-order chi connectivity index (χ1) is 9.10. The molecule has 1 aromatic heterocycles. The van der Waals surface area contributed by atoms with Crippen molar-refractivity contribution in [2.24, 2.45) is 11.7 Å². The monoisotopic (exact) mass is 284 g/mol. The lowest BCUT2D eigenvalue weighted by Crippen LogP contribution is -2.51. The molecular formula is C12H16N2O4S. The Morgan fingerprint density at radius 3 is 3.00 bits per heavy atom. The van der Waals surface area contributed by atoms with Crippen LogP contribution in [0.15, 0.2) is 11.6 Å². The highest BCUT2D eigenvalue weighted by Crippen LogP contribution is 2.39. The number of thiazole rings is 1. The van der Waals surface area contributed by atoms with Crippen LogP contribution in [0.1, 0.15) is 29.1 Å². The summed E-state index contributed by atoms with van der Waals surface area (Å²) < 4.78 is 10.5. The number of nitrogens with two attached hydrogens (primary N) is 1. The number of nitrogens with zero attached hydrogens (tertiary/aromatic N) is 1. The number of aromatic nitrogens is 1. The van der Waals surface area contributed by atoms with E-state index in [0.29, 0.717) is 13.0 Å². The van der Waals surface area contributed by atoms with Crippen molar-refractivity contribution < 1.29 is 19.1 Å². The van der Waals surface area contributed by atoms with Crippen LogP contribution < -0.4 is 5.73 Å². The van der Waals surface area contributed by atoms with Crippen molar-refractivity contribution in [1.29, 1.82) is 0 Å². The molecule has 0 bridgehead atoms. The number of hydrogen-bond donors (Lipinski definition) is 1. The Hall–Kier alpha value is -1.47. The van der Waals surface area contributed by atoms with Gasteiger partial charge in [0.25, 0.3) is 5.91 Å². The molecule has 7 heteroatoms. The van der Waals surface area contributed by atoms with Crippen LogP contribution in [0.2, 0.25) is 0 Å². The predicted octanol–water partition coefficient (Wildman–Crippen LogP) is 0.970. The van der Waals surface area contributed by atoms with Gasteiger partial charge in [0.15, 0.2) is 5.60 Å². The molecule has 1 aliphatic carbocycles. The van der Waals surface area contributed by atoms with Gasteiger partial charge in [-0.05, 0) is 19.3 Å². The van der Waals surface area contributed by atoms with Crippen molar-refractivity contribution in [3.63, 3.8) is 0 Å². The van der Waals surface area contributed by atoms with E-state index < -0.39 is 17.5 Å². The molecule has 0 spiro atoms. The number of carbonyl (C=O) groups excluding carboxylic acids is 2. The summed E-state index contributed by atoms with van der Waals surface area (Å²) in [5.41, 5.74) is 4.20. The van der Waals surface area contributed by atoms with Gasteiger partial charge < -0.3 is 15.2 Å². The number of esters is 1. The van der Waals surface area contributed by atoms with E-state index in [0.717, 1.165) is 12.8 Å². The second-order valence-corrected chi connectivity index (χ2v) is 5.42. The average Bonchev–Trinajstić information content (AvgIpc) is 3.00. The molecule has 0 aliphatic heterocycles. The predicted molar refractivity (Wildman–Crippen MR) is 68.7 cm³/mol. The molecule has 2 rings (SSSR count).